The average Bonchev–Trinajstić information content (AvgIpc) is 2.68. The molecule has 0 unspecified atom stereocenters. The Morgan fingerprint density at radius 1 is 1.11 bits per heavy atom. The van der Waals surface area contributed by atoms with Gasteiger partial charge in [0.1, 0.15) is 17.4 Å². The maximum atomic E-state index is 12.8. The maximum absolute atomic E-state index is 12.8. The minimum absolute atomic E-state index is 0.0672. The maximum Gasteiger partial charge on any atom is 0.273 e. The van der Waals surface area contributed by atoms with E-state index in [-0.39, 0.29) is 28.3 Å². The molecule has 0 saturated carbocycles. The summed E-state index contributed by atoms with van der Waals surface area (Å²) in [6, 6.07) is 15.4. The zero-order valence-corrected chi connectivity index (χ0v) is 14.8. The van der Waals surface area contributed by atoms with E-state index < -0.39 is 11.3 Å². The first-order valence-corrected chi connectivity index (χ1v) is 8.28. The molecule has 0 atom stereocenters. The van der Waals surface area contributed by atoms with Crippen LogP contribution in [0.4, 0.5) is 5.69 Å². The largest absolute Gasteiger partial charge is 0.507 e. The van der Waals surface area contributed by atoms with E-state index in [1.54, 1.807) is 42.5 Å². The molecule has 1 heterocycles. The normalized spacial score (nSPS) is 10.1. The Morgan fingerprint density at radius 2 is 1.79 bits per heavy atom. The molecule has 3 rings (SSSR count). The van der Waals surface area contributed by atoms with Crippen molar-refractivity contribution in [3.05, 3.63) is 87.8 Å². The van der Waals surface area contributed by atoms with Crippen molar-refractivity contribution in [1.82, 2.24) is 4.57 Å². The van der Waals surface area contributed by atoms with Gasteiger partial charge >= 0.3 is 0 Å². The number of aromatic hydroxyl groups is 1. The predicted octanol–water partition coefficient (Wildman–Crippen LogP) is 2.60. The van der Waals surface area contributed by atoms with Crippen molar-refractivity contribution in [2.75, 3.05) is 5.32 Å². The Morgan fingerprint density at radius 3 is 2.39 bits per heavy atom. The van der Waals surface area contributed by atoms with E-state index in [1.807, 2.05) is 0 Å². The first kappa shape index (κ1) is 18.6. The first-order chi connectivity index (χ1) is 13.4. The van der Waals surface area contributed by atoms with E-state index in [1.165, 1.54) is 35.9 Å². The summed E-state index contributed by atoms with van der Waals surface area (Å²) in [5.41, 5.74) is 0.339. The number of carbonyl (C=O) groups is 2. The van der Waals surface area contributed by atoms with Crippen LogP contribution in [-0.2, 0) is 4.79 Å². The summed E-state index contributed by atoms with van der Waals surface area (Å²) < 4.78 is 1.18. The van der Waals surface area contributed by atoms with Gasteiger partial charge in [-0.1, -0.05) is 12.1 Å². The van der Waals surface area contributed by atoms with Gasteiger partial charge in [0.25, 0.3) is 5.56 Å². The lowest BCUT2D eigenvalue weighted by Crippen LogP contribution is -2.22. The van der Waals surface area contributed by atoms with Crippen molar-refractivity contribution in [1.29, 1.82) is 5.26 Å². The van der Waals surface area contributed by atoms with Crippen molar-refractivity contribution in [3.8, 4) is 17.5 Å². The van der Waals surface area contributed by atoms with Crippen molar-refractivity contribution in [2.24, 2.45) is 0 Å². The molecule has 0 radical (unpaired) electrons. The number of rotatable bonds is 4. The average molecular weight is 373 g/mol. The van der Waals surface area contributed by atoms with Crippen molar-refractivity contribution < 1.29 is 14.7 Å². The molecular formula is C21H15N3O4. The van der Waals surface area contributed by atoms with E-state index in [9.17, 15) is 24.8 Å². The van der Waals surface area contributed by atoms with Crippen molar-refractivity contribution in [2.45, 2.75) is 6.92 Å². The molecule has 0 spiro atoms. The number of phenolic OH excluding ortho intramolecular Hbond substituents is 1. The molecule has 7 nitrogen and oxygen atoms in total. The molecule has 2 aromatic carbocycles. The highest BCUT2D eigenvalue weighted by Gasteiger charge is 2.17. The highest BCUT2D eigenvalue weighted by atomic mass is 16.3. The van der Waals surface area contributed by atoms with Crippen LogP contribution in [0.2, 0.25) is 0 Å². The zero-order valence-electron chi connectivity index (χ0n) is 14.8. The second kappa shape index (κ2) is 7.60. The number of aromatic nitrogens is 1. The van der Waals surface area contributed by atoms with Crippen molar-refractivity contribution in [3.63, 3.8) is 0 Å². The van der Waals surface area contributed by atoms with Crippen LogP contribution in [0.25, 0.3) is 5.69 Å². The minimum atomic E-state index is -0.580. The van der Waals surface area contributed by atoms with Crippen LogP contribution < -0.4 is 10.9 Å². The molecule has 0 saturated heterocycles. The highest BCUT2D eigenvalue weighted by molar-refractivity contribution is 6.10. The quantitative estimate of drug-likeness (QED) is 0.683. The molecule has 28 heavy (non-hydrogen) atoms. The van der Waals surface area contributed by atoms with Gasteiger partial charge < -0.3 is 10.4 Å². The SMILES string of the molecule is CC(=O)Nc1ccc(-n2cc(C(=O)c3ccccc3O)cc(C#N)c2=O)cc1. The summed E-state index contributed by atoms with van der Waals surface area (Å²) in [7, 11) is 0. The van der Waals surface area contributed by atoms with Gasteiger partial charge in [-0.25, -0.2) is 0 Å². The van der Waals surface area contributed by atoms with Gasteiger partial charge in [0, 0.05) is 30.1 Å². The van der Waals surface area contributed by atoms with Gasteiger partial charge in [0.15, 0.2) is 5.78 Å². The second-order valence-electron chi connectivity index (χ2n) is 6.00. The summed E-state index contributed by atoms with van der Waals surface area (Å²) in [6.45, 7) is 1.38. The summed E-state index contributed by atoms with van der Waals surface area (Å²) in [6.07, 6.45) is 1.32. The molecule has 138 valence electrons. The minimum Gasteiger partial charge on any atom is -0.507 e. The highest BCUT2D eigenvalue weighted by Crippen LogP contribution is 2.21. The lowest BCUT2D eigenvalue weighted by molar-refractivity contribution is -0.114. The predicted molar refractivity (Wildman–Crippen MR) is 103 cm³/mol. The smallest absolute Gasteiger partial charge is 0.273 e. The van der Waals surface area contributed by atoms with Crippen LogP contribution in [-0.4, -0.2) is 21.4 Å². The lowest BCUT2D eigenvalue weighted by atomic mass is 10.0. The third-order valence-corrected chi connectivity index (χ3v) is 4.01. The number of para-hydroxylation sites is 1. The van der Waals surface area contributed by atoms with Gasteiger partial charge in [-0.15, -0.1) is 0 Å². The third kappa shape index (κ3) is 3.66. The van der Waals surface area contributed by atoms with Gasteiger partial charge in [-0.2, -0.15) is 5.26 Å². The van der Waals surface area contributed by atoms with Crippen LogP contribution in [0.15, 0.2) is 65.6 Å². The van der Waals surface area contributed by atoms with E-state index in [0.29, 0.717) is 11.4 Å². The molecule has 0 fully saturated rings. The molecule has 7 heteroatoms. The number of phenols is 1. The monoisotopic (exact) mass is 373 g/mol. The van der Waals surface area contributed by atoms with Gasteiger partial charge in [0.2, 0.25) is 5.91 Å². The number of nitrogens with one attached hydrogen (secondary N) is 1. The van der Waals surface area contributed by atoms with E-state index in [4.69, 9.17) is 0 Å². The summed E-state index contributed by atoms with van der Waals surface area (Å²) in [5.74, 6) is -0.936. The molecule has 0 aliphatic rings. The summed E-state index contributed by atoms with van der Waals surface area (Å²) in [5, 5.41) is 21.8. The topological polar surface area (TPSA) is 112 Å². The van der Waals surface area contributed by atoms with E-state index in [2.05, 4.69) is 5.32 Å². The number of nitriles is 1. The van der Waals surface area contributed by atoms with E-state index in [0.717, 1.165) is 0 Å². The Bertz CT molecular complexity index is 1170. The van der Waals surface area contributed by atoms with Gasteiger partial charge in [-0.05, 0) is 42.5 Å². The molecule has 3 aromatic rings. The van der Waals surface area contributed by atoms with E-state index >= 15 is 0 Å². The fraction of sp³-hybridized carbons (Fsp3) is 0.0476. The Balaban J connectivity index is 2.10. The number of pyridine rings is 1. The Hall–Kier alpha value is -4.18. The number of carbonyl (C=O) groups excluding carboxylic acids is 2. The van der Waals surface area contributed by atoms with Gasteiger partial charge in [0.05, 0.1) is 5.56 Å². The zero-order chi connectivity index (χ0) is 20.3. The first-order valence-electron chi connectivity index (χ1n) is 8.28. The Labute approximate surface area is 160 Å². The molecule has 0 aliphatic heterocycles. The molecule has 0 aliphatic carbocycles. The molecular weight excluding hydrogens is 358 g/mol. The number of hydrogen-bond acceptors (Lipinski definition) is 5. The van der Waals surface area contributed by atoms with Gasteiger partial charge in [-0.3, -0.25) is 19.0 Å². The summed E-state index contributed by atoms with van der Waals surface area (Å²) >= 11 is 0. The van der Waals surface area contributed by atoms with Crippen LogP contribution in [0.1, 0.15) is 28.4 Å². The van der Waals surface area contributed by atoms with Crippen LogP contribution >= 0.6 is 0 Å². The third-order valence-electron chi connectivity index (χ3n) is 4.01. The summed E-state index contributed by atoms with van der Waals surface area (Å²) in [4.78, 5) is 36.5. The number of anilines is 1. The second-order valence-corrected chi connectivity index (χ2v) is 6.00. The number of ketones is 1. The molecule has 2 N–H and O–H groups in total. The fourth-order valence-electron chi connectivity index (χ4n) is 2.71. The number of amides is 1. The standard InChI is InChI=1S/C21H15N3O4/c1-13(25)23-16-6-8-17(9-7-16)24-12-15(10-14(11-22)21(24)28)20(27)18-4-2-3-5-19(18)26/h2-10,12,26H,1H3,(H,23,25). The number of hydrogen-bond donors (Lipinski definition) is 2. The lowest BCUT2D eigenvalue weighted by Gasteiger charge is -2.11. The molecule has 0 bridgehead atoms. The Kier molecular flexibility index (Phi) is 5.05. The fourth-order valence-corrected chi connectivity index (χ4v) is 2.71. The number of nitrogens with zero attached hydrogens (tertiary/aromatic N) is 2. The van der Waals surface area contributed by atoms with Crippen LogP contribution in [0.5, 0.6) is 5.75 Å². The number of benzene rings is 2. The molecule has 1 aromatic heterocycles. The molecule has 1 amide bonds. The van der Waals surface area contributed by atoms with Crippen LogP contribution in [0.3, 0.4) is 0 Å². The van der Waals surface area contributed by atoms with Crippen molar-refractivity contribution >= 4 is 17.4 Å². The van der Waals surface area contributed by atoms with Crippen LogP contribution in [0, 0.1) is 11.3 Å².